The molecule has 0 unspecified atom stereocenters. The van der Waals surface area contributed by atoms with Gasteiger partial charge >= 0.3 is 12.1 Å². The third-order valence-corrected chi connectivity index (χ3v) is 8.72. The van der Waals surface area contributed by atoms with Gasteiger partial charge in [-0.25, -0.2) is 4.79 Å². The second kappa shape index (κ2) is 15.4. The molecule has 1 saturated heterocycles. The second-order valence-electron chi connectivity index (χ2n) is 12.2. The van der Waals surface area contributed by atoms with Crippen LogP contribution in [0.1, 0.15) is 72.8 Å². The van der Waals surface area contributed by atoms with Crippen molar-refractivity contribution in [2.24, 2.45) is 5.92 Å². The molecule has 39 heavy (non-hydrogen) atoms. The van der Waals surface area contributed by atoms with Crippen molar-refractivity contribution in [1.29, 1.82) is 0 Å². The molecule has 1 aliphatic heterocycles. The highest BCUT2D eigenvalue weighted by atomic mass is 28.3. The molecule has 0 bridgehead atoms. The summed E-state index contributed by atoms with van der Waals surface area (Å²) in [4.78, 5) is 41.1. The number of esters is 1. The molecule has 2 amide bonds. The fourth-order valence-electron chi connectivity index (χ4n) is 5.33. The van der Waals surface area contributed by atoms with Crippen molar-refractivity contribution in [3.8, 4) is 0 Å². The number of carbonyl (C=O) groups excluding carboxylic acids is 3. The predicted molar refractivity (Wildman–Crippen MR) is 158 cm³/mol. The zero-order valence-corrected chi connectivity index (χ0v) is 26.4. The number of alkyl carbamates (subject to hydrolysis) is 1. The van der Waals surface area contributed by atoms with Crippen LogP contribution in [0.5, 0.6) is 0 Å². The summed E-state index contributed by atoms with van der Waals surface area (Å²) in [6, 6.07) is 9.31. The molecule has 2 N–H and O–H groups in total. The Bertz CT molecular complexity index is 917. The highest BCUT2D eigenvalue weighted by molar-refractivity contribution is 6.55. The summed E-state index contributed by atoms with van der Waals surface area (Å²) >= 11 is 0. The Kier molecular flexibility index (Phi) is 13.0. The van der Waals surface area contributed by atoms with Gasteiger partial charge in [-0.15, -0.1) is 0 Å². The first-order valence-electron chi connectivity index (χ1n) is 14.6. The number of benzene rings is 1. The number of hydrogen-bond donors (Lipinski definition) is 2. The zero-order chi connectivity index (χ0) is 29.2. The summed E-state index contributed by atoms with van der Waals surface area (Å²) in [6.07, 6.45) is 2.60. The van der Waals surface area contributed by atoms with Crippen LogP contribution >= 0.6 is 0 Å². The van der Waals surface area contributed by atoms with Crippen LogP contribution in [0.15, 0.2) is 30.3 Å². The zero-order valence-electron chi connectivity index (χ0n) is 25.3. The fraction of sp³-hybridized carbons (Fsp3) is 0.700. The van der Waals surface area contributed by atoms with E-state index in [1.807, 2.05) is 51.1 Å². The maximum absolute atomic E-state index is 13.6. The van der Waals surface area contributed by atoms with Crippen molar-refractivity contribution >= 4 is 26.8 Å². The van der Waals surface area contributed by atoms with Gasteiger partial charge in [0.2, 0.25) is 5.91 Å². The van der Waals surface area contributed by atoms with Crippen molar-refractivity contribution < 1.29 is 23.9 Å². The molecule has 1 aromatic rings. The van der Waals surface area contributed by atoms with E-state index in [9.17, 15) is 14.4 Å². The van der Waals surface area contributed by atoms with Crippen molar-refractivity contribution in [2.45, 2.75) is 123 Å². The normalized spacial score (nSPS) is 20.6. The molecule has 4 atom stereocenters. The third kappa shape index (κ3) is 10.9. The van der Waals surface area contributed by atoms with Crippen LogP contribution in [0.2, 0.25) is 19.1 Å². The third-order valence-electron chi connectivity index (χ3n) is 7.33. The number of nitrogens with zero attached hydrogens (tertiary/aromatic N) is 1. The summed E-state index contributed by atoms with van der Waals surface area (Å²) in [6.45, 7) is 16.7. The quantitative estimate of drug-likeness (QED) is 0.263. The second-order valence-corrected chi connectivity index (χ2v) is 15.6. The minimum absolute atomic E-state index is 0.130. The van der Waals surface area contributed by atoms with E-state index >= 15 is 0 Å². The van der Waals surface area contributed by atoms with Gasteiger partial charge in [0, 0.05) is 28.3 Å². The molecule has 9 heteroatoms. The highest BCUT2D eigenvalue weighted by Crippen LogP contribution is 2.33. The Balaban J connectivity index is 2.50. The van der Waals surface area contributed by atoms with Gasteiger partial charge in [-0.3, -0.25) is 14.5 Å². The van der Waals surface area contributed by atoms with Crippen LogP contribution in [0, 0.1) is 5.92 Å². The monoisotopic (exact) mass is 561 g/mol. The van der Waals surface area contributed by atoms with Gasteiger partial charge in [0.1, 0.15) is 11.6 Å². The molecule has 0 saturated carbocycles. The van der Waals surface area contributed by atoms with Gasteiger partial charge in [0.25, 0.3) is 0 Å². The molecular formula is C30H51N3O5Si. The lowest BCUT2D eigenvalue weighted by Crippen LogP contribution is -2.58. The Labute approximate surface area is 237 Å². The van der Waals surface area contributed by atoms with Crippen LogP contribution in [0.3, 0.4) is 0 Å². The summed E-state index contributed by atoms with van der Waals surface area (Å²) in [5.41, 5.74) is 0.396. The van der Waals surface area contributed by atoms with Crippen LogP contribution in [0.4, 0.5) is 4.79 Å². The average Bonchev–Trinajstić information content (AvgIpc) is 3.18. The number of carbonyl (C=O) groups is 3. The van der Waals surface area contributed by atoms with Gasteiger partial charge in [0.05, 0.1) is 18.7 Å². The van der Waals surface area contributed by atoms with Crippen LogP contribution in [0.25, 0.3) is 0 Å². The number of rotatable bonds is 13. The Morgan fingerprint density at radius 3 is 2.28 bits per heavy atom. The minimum Gasteiger partial charge on any atom is -0.459 e. The smallest absolute Gasteiger partial charge is 0.407 e. The van der Waals surface area contributed by atoms with Crippen molar-refractivity contribution in [2.75, 3.05) is 6.61 Å². The lowest BCUT2D eigenvalue weighted by Gasteiger charge is -2.38. The topological polar surface area (TPSA) is 97.0 Å². The summed E-state index contributed by atoms with van der Waals surface area (Å²) in [5.74, 6) is -0.0600. The number of amides is 2. The first-order valence-corrected chi connectivity index (χ1v) is 17.7. The molecule has 0 aromatic heterocycles. The average molecular weight is 562 g/mol. The molecule has 2 rings (SSSR count). The van der Waals surface area contributed by atoms with Gasteiger partial charge < -0.3 is 20.1 Å². The molecule has 1 fully saturated rings. The lowest BCUT2D eigenvalue weighted by atomic mass is 9.88. The maximum atomic E-state index is 13.6. The molecular weight excluding hydrogens is 510 g/mol. The molecule has 1 aliphatic rings. The van der Waals surface area contributed by atoms with Crippen LogP contribution in [-0.4, -0.2) is 68.0 Å². The van der Waals surface area contributed by atoms with Crippen molar-refractivity contribution in [3.05, 3.63) is 35.9 Å². The van der Waals surface area contributed by atoms with E-state index in [1.54, 1.807) is 0 Å². The first-order chi connectivity index (χ1) is 18.3. The van der Waals surface area contributed by atoms with E-state index in [1.165, 1.54) is 6.92 Å². The summed E-state index contributed by atoms with van der Waals surface area (Å²) in [5, 5.41) is 6.27. The van der Waals surface area contributed by atoms with E-state index in [4.69, 9.17) is 9.47 Å². The van der Waals surface area contributed by atoms with E-state index in [0.29, 0.717) is 25.5 Å². The predicted octanol–water partition coefficient (Wildman–Crippen LogP) is 4.88. The van der Waals surface area contributed by atoms with E-state index < -0.39 is 32.6 Å². The molecule has 0 spiro atoms. The molecule has 0 aliphatic carbocycles. The van der Waals surface area contributed by atoms with E-state index in [0.717, 1.165) is 30.9 Å². The van der Waals surface area contributed by atoms with Gasteiger partial charge in [0.15, 0.2) is 0 Å². The van der Waals surface area contributed by atoms with Crippen molar-refractivity contribution in [3.63, 3.8) is 0 Å². The van der Waals surface area contributed by atoms with Gasteiger partial charge in [-0.2, -0.15) is 0 Å². The number of nitrogens with one attached hydrogen (secondary N) is 2. The molecule has 220 valence electrons. The van der Waals surface area contributed by atoms with Crippen molar-refractivity contribution in [1.82, 2.24) is 15.5 Å². The highest BCUT2D eigenvalue weighted by Gasteiger charge is 2.50. The molecule has 8 nitrogen and oxygen atoms in total. The van der Waals surface area contributed by atoms with Crippen LogP contribution < -0.4 is 10.6 Å². The fourth-order valence-corrected chi connectivity index (χ4v) is 5.92. The molecule has 1 aromatic carbocycles. The van der Waals surface area contributed by atoms with E-state index in [2.05, 4.69) is 42.5 Å². The molecule has 1 heterocycles. The maximum Gasteiger partial charge on any atom is 0.407 e. The summed E-state index contributed by atoms with van der Waals surface area (Å²) < 4.78 is 11.4. The Hall–Kier alpha value is -2.39. The van der Waals surface area contributed by atoms with Gasteiger partial charge in [-0.1, -0.05) is 70.1 Å². The standard InChI is InChI=1S/C30H51N3O5Si/c1-9-22(10-2)18-24(31-21(3)34)27-25(32-29(36)37-16-17-39(7)8)19-26(28(35)38-30(4,5)6)33(27)20-23-14-12-11-13-15-23/h11-15,22,24-27,39H,9-10,16-20H2,1-8H3,(H,31,34)(H,32,36)/t24-,25+,26+,27-/m0/s1. The van der Waals surface area contributed by atoms with Crippen LogP contribution in [-0.2, 0) is 25.6 Å². The van der Waals surface area contributed by atoms with Gasteiger partial charge in [-0.05, 0) is 51.1 Å². The molecule has 0 radical (unpaired) electrons. The minimum atomic E-state index is -0.853. The largest absolute Gasteiger partial charge is 0.459 e. The first kappa shape index (κ1) is 32.8. The SMILES string of the molecule is CCC(CC)C[C@H](NC(C)=O)[C@H]1[C@H](NC(=O)OCC[SiH](C)C)C[C@H](C(=O)OC(C)(C)C)N1Cc1ccccc1. The van der Waals surface area contributed by atoms with E-state index in [-0.39, 0.29) is 24.0 Å². The lowest BCUT2D eigenvalue weighted by molar-refractivity contribution is -0.161. The number of hydrogen-bond acceptors (Lipinski definition) is 6. The number of ether oxygens (including phenoxy) is 2. The summed E-state index contributed by atoms with van der Waals surface area (Å²) in [7, 11) is -0.853. The Morgan fingerprint density at radius 2 is 1.74 bits per heavy atom. The Morgan fingerprint density at radius 1 is 1.10 bits per heavy atom. The number of likely N-dealkylation sites (tertiary alicyclic amines) is 1.